The van der Waals surface area contributed by atoms with Gasteiger partial charge in [-0.2, -0.15) is 0 Å². The van der Waals surface area contributed by atoms with Crippen molar-refractivity contribution in [3.05, 3.63) is 90.0 Å². The number of aromatic hydroxyl groups is 1. The molecule has 1 N–H and O–H groups in total. The minimum atomic E-state index is 0.240. The van der Waals surface area contributed by atoms with E-state index in [9.17, 15) is 5.11 Å². The third kappa shape index (κ3) is 4.45. The molecule has 0 unspecified atom stereocenters. The Morgan fingerprint density at radius 2 is 1.52 bits per heavy atom. The van der Waals surface area contributed by atoms with E-state index in [0.29, 0.717) is 6.61 Å². The molecular weight excluding hydrogens is 286 g/mol. The van der Waals surface area contributed by atoms with Crippen molar-refractivity contribution >= 4 is 11.9 Å². The van der Waals surface area contributed by atoms with Crippen molar-refractivity contribution in [1.82, 2.24) is 0 Å². The Kier molecular flexibility index (Phi) is 4.69. The van der Waals surface area contributed by atoms with Crippen LogP contribution in [0.5, 0.6) is 11.5 Å². The summed E-state index contributed by atoms with van der Waals surface area (Å²) in [6, 6.07) is 24.6. The molecule has 0 spiro atoms. The Bertz CT molecular complexity index is 763. The Morgan fingerprint density at radius 1 is 0.826 bits per heavy atom. The Balaban J connectivity index is 1.59. The highest BCUT2D eigenvalue weighted by molar-refractivity contribution is 5.82. The molecule has 0 aliphatic rings. The van der Waals surface area contributed by atoms with Crippen LogP contribution in [0.25, 0.3) is 0 Å². The molecule has 0 radical (unpaired) electrons. The minimum Gasteiger partial charge on any atom is -0.508 e. The summed E-state index contributed by atoms with van der Waals surface area (Å²) in [6.07, 6.45) is 1.79. The van der Waals surface area contributed by atoms with Crippen molar-refractivity contribution in [2.75, 3.05) is 0 Å². The largest absolute Gasteiger partial charge is 0.508 e. The lowest BCUT2D eigenvalue weighted by Crippen LogP contribution is -1.94. The van der Waals surface area contributed by atoms with E-state index in [-0.39, 0.29) is 5.75 Å². The molecule has 0 aromatic heterocycles. The summed E-state index contributed by atoms with van der Waals surface area (Å²) < 4.78 is 5.75. The summed E-state index contributed by atoms with van der Waals surface area (Å²) in [6.45, 7) is 0.557. The van der Waals surface area contributed by atoms with Crippen LogP contribution in [0.3, 0.4) is 0 Å². The summed E-state index contributed by atoms with van der Waals surface area (Å²) in [7, 11) is 0. The standard InChI is InChI=1S/C20H17NO2/c22-19-10-8-18(9-11-19)21-14-16-6-12-20(13-7-16)23-15-17-4-2-1-3-5-17/h1-14,22H,15H2. The lowest BCUT2D eigenvalue weighted by atomic mass is 10.2. The first-order chi connectivity index (χ1) is 11.3. The molecule has 0 saturated heterocycles. The number of nitrogens with zero attached hydrogens (tertiary/aromatic N) is 1. The predicted octanol–water partition coefficient (Wildman–Crippen LogP) is 4.72. The topological polar surface area (TPSA) is 41.8 Å². The van der Waals surface area contributed by atoms with Crippen molar-refractivity contribution in [2.24, 2.45) is 4.99 Å². The number of hydrogen-bond donors (Lipinski definition) is 1. The van der Waals surface area contributed by atoms with Crippen LogP contribution >= 0.6 is 0 Å². The van der Waals surface area contributed by atoms with E-state index in [4.69, 9.17) is 4.74 Å². The molecule has 0 heterocycles. The number of rotatable bonds is 5. The summed E-state index contributed by atoms with van der Waals surface area (Å²) in [5.74, 6) is 1.07. The van der Waals surface area contributed by atoms with Gasteiger partial charge in [0.05, 0.1) is 5.69 Å². The SMILES string of the molecule is Oc1ccc(N=Cc2ccc(OCc3ccccc3)cc2)cc1. The Labute approximate surface area is 135 Å². The summed E-state index contributed by atoms with van der Waals surface area (Å²) in [4.78, 5) is 4.36. The van der Waals surface area contributed by atoms with Gasteiger partial charge in [0.1, 0.15) is 18.1 Å². The fraction of sp³-hybridized carbons (Fsp3) is 0.0500. The van der Waals surface area contributed by atoms with Crippen molar-refractivity contribution in [3.8, 4) is 11.5 Å². The van der Waals surface area contributed by atoms with Crippen LogP contribution < -0.4 is 4.74 Å². The molecule has 23 heavy (non-hydrogen) atoms. The predicted molar refractivity (Wildman–Crippen MR) is 92.6 cm³/mol. The van der Waals surface area contributed by atoms with Gasteiger partial charge in [-0.3, -0.25) is 4.99 Å². The zero-order chi connectivity index (χ0) is 15.9. The maximum absolute atomic E-state index is 9.24. The van der Waals surface area contributed by atoms with E-state index in [2.05, 4.69) is 4.99 Å². The molecule has 0 aliphatic carbocycles. The van der Waals surface area contributed by atoms with Crippen molar-refractivity contribution in [1.29, 1.82) is 0 Å². The monoisotopic (exact) mass is 303 g/mol. The molecule has 0 bridgehead atoms. The lowest BCUT2D eigenvalue weighted by molar-refractivity contribution is 0.306. The highest BCUT2D eigenvalue weighted by Crippen LogP contribution is 2.17. The molecule has 0 atom stereocenters. The highest BCUT2D eigenvalue weighted by atomic mass is 16.5. The van der Waals surface area contributed by atoms with Crippen molar-refractivity contribution in [2.45, 2.75) is 6.61 Å². The average Bonchev–Trinajstić information content (AvgIpc) is 2.61. The molecule has 3 aromatic rings. The van der Waals surface area contributed by atoms with Gasteiger partial charge in [0.2, 0.25) is 0 Å². The van der Waals surface area contributed by atoms with Crippen LogP contribution in [-0.2, 0) is 6.61 Å². The number of phenolic OH excluding ortho intramolecular Hbond substituents is 1. The van der Waals surface area contributed by atoms with Gasteiger partial charge >= 0.3 is 0 Å². The van der Waals surface area contributed by atoms with E-state index in [0.717, 1.165) is 22.6 Å². The van der Waals surface area contributed by atoms with Gasteiger partial charge in [0.15, 0.2) is 0 Å². The zero-order valence-corrected chi connectivity index (χ0v) is 12.6. The van der Waals surface area contributed by atoms with Crippen LogP contribution in [0.2, 0.25) is 0 Å². The number of phenols is 1. The van der Waals surface area contributed by atoms with Gasteiger partial charge in [-0.1, -0.05) is 30.3 Å². The Hall–Kier alpha value is -3.07. The second kappa shape index (κ2) is 7.27. The number of hydrogen-bond acceptors (Lipinski definition) is 3. The third-order valence-corrected chi connectivity index (χ3v) is 3.34. The van der Waals surface area contributed by atoms with Crippen LogP contribution in [0.1, 0.15) is 11.1 Å². The summed E-state index contributed by atoms with van der Waals surface area (Å²) in [5.41, 5.74) is 2.93. The number of ether oxygens (including phenoxy) is 1. The zero-order valence-electron chi connectivity index (χ0n) is 12.6. The normalized spacial score (nSPS) is 10.8. The Morgan fingerprint density at radius 3 is 2.22 bits per heavy atom. The van der Waals surface area contributed by atoms with E-state index in [1.807, 2.05) is 54.6 Å². The molecule has 3 aromatic carbocycles. The maximum atomic E-state index is 9.24. The molecule has 3 heteroatoms. The van der Waals surface area contributed by atoms with Crippen molar-refractivity contribution in [3.63, 3.8) is 0 Å². The summed E-state index contributed by atoms with van der Waals surface area (Å²) >= 11 is 0. The molecule has 3 nitrogen and oxygen atoms in total. The molecule has 3 rings (SSSR count). The molecule has 0 saturated carbocycles. The van der Waals surface area contributed by atoms with Gasteiger partial charge in [0.25, 0.3) is 0 Å². The maximum Gasteiger partial charge on any atom is 0.119 e. The van der Waals surface area contributed by atoms with E-state index >= 15 is 0 Å². The molecule has 114 valence electrons. The molecule has 0 fully saturated rings. The van der Waals surface area contributed by atoms with Crippen LogP contribution in [0.4, 0.5) is 5.69 Å². The second-order valence-electron chi connectivity index (χ2n) is 5.12. The van der Waals surface area contributed by atoms with Gasteiger partial charge in [-0.05, 0) is 59.7 Å². The van der Waals surface area contributed by atoms with E-state index < -0.39 is 0 Å². The second-order valence-corrected chi connectivity index (χ2v) is 5.12. The molecule has 0 amide bonds. The quantitative estimate of drug-likeness (QED) is 0.693. The highest BCUT2D eigenvalue weighted by Gasteiger charge is 1.96. The van der Waals surface area contributed by atoms with Crippen molar-refractivity contribution < 1.29 is 9.84 Å². The first kappa shape index (κ1) is 14.9. The fourth-order valence-corrected chi connectivity index (χ4v) is 2.08. The van der Waals surface area contributed by atoms with E-state index in [1.165, 1.54) is 0 Å². The van der Waals surface area contributed by atoms with E-state index in [1.54, 1.807) is 30.5 Å². The fourth-order valence-electron chi connectivity index (χ4n) is 2.08. The van der Waals surface area contributed by atoms with Gasteiger partial charge < -0.3 is 9.84 Å². The number of aliphatic imine (C=N–C) groups is 1. The lowest BCUT2D eigenvalue weighted by Gasteiger charge is -2.06. The summed E-state index contributed by atoms with van der Waals surface area (Å²) in [5, 5.41) is 9.24. The third-order valence-electron chi connectivity index (χ3n) is 3.34. The smallest absolute Gasteiger partial charge is 0.119 e. The first-order valence-corrected chi connectivity index (χ1v) is 7.39. The van der Waals surface area contributed by atoms with Crippen LogP contribution in [0, 0.1) is 0 Å². The molecular formula is C20H17NO2. The number of benzene rings is 3. The average molecular weight is 303 g/mol. The van der Waals surface area contributed by atoms with Gasteiger partial charge in [0, 0.05) is 6.21 Å². The molecule has 0 aliphatic heterocycles. The minimum absolute atomic E-state index is 0.240. The first-order valence-electron chi connectivity index (χ1n) is 7.39. The van der Waals surface area contributed by atoms with Gasteiger partial charge in [-0.25, -0.2) is 0 Å². The van der Waals surface area contributed by atoms with Gasteiger partial charge in [-0.15, -0.1) is 0 Å². The van der Waals surface area contributed by atoms with Crippen LogP contribution in [0.15, 0.2) is 83.9 Å². The van der Waals surface area contributed by atoms with Crippen LogP contribution in [-0.4, -0.2) is 11.3 Å².